The van der Waals surface area contributed by atoms with Gasteiger partial charge in [0.15, 0.2) is 5.96 Å². The van der Waals surface area contributed by atoms with Crippen LogP contribution in [0.15, 0.2) is 65.7 Å². The summed E-state index contributed by atoms with van der Waals surface area (Å²) in [6.45, 7) is 6.26. The molecule has 1 aliphatic rings. The highest BCUT2D eigenvalue weighted by Crippen LogP contribution is 2.23. The maximum Gasteiger partial charge on any atom is 0.195 e. The zero-order valence-electron chi connectivity index (χ0n) is 13.2. The summed E-state index contributed by atoms with van der Waals surface area (Å²) in [5, 5.41) is 3.57. The van der Waals surface area contributed by atoms with Crippen molar-refractivity contribution in [2.24, 2.45) is 4.99 Å². The zero-order chi connectivity index (χ0) is 15.4. The molecule has 0 saturated carbocycles. The quantitative estimate of drug-likeness (QED) is 0.929. The van der Waals surface area contributed by atoms with Crippen molar-refractivity contribution in [3.05, 3.63) is 71.8 Å². The highest BCUT2D eigenvalue weighted by atomic mass is 15.4. The lowest BCUT2D eigenvalue weighted by molar-refractivity contribution is 0.352. The van der Waals surface area contributed by atoms with E-state index in [-0.39, 0.29) is 6.04 Å². The summed E-state index contributed by atoms with van der Waals surface area (Å²) in [6, 6.07) is 21.7. The second kappa shape index (κ2) is 6.65. The summed E-state index contributed by atoms with van der Waals surface area (Å²) in [6.07, 6.45) is 0. The van der Waals surface area contributed by atoms with Gasteiger partial charge in [0, 0.05) is 6.54 Å². The van der Waals surface area contributed by atoms with Crippen molar-refractivity contribution in [3.8, 4) is 0 Å². The summed E-state index contributed by atoms with van der Waals surface area (Å²) in [5.74, 6) is 1.01. The molecule has 114 valence electrons. The van der Waals surface area contributed by atoms with Gasteiger partial charge >= 0.3 is 0 Å². The number of hydrogen-bond donors (Lipinski definition) is 1. The third kappa shape index (κ3) is 3.14. The molecule has 0 aliphatic carbocycles. The summed E-state index contributed by atoms with van der Waals surface area (Å²) in [5.41, 5.74) is 2.61. The lowest BCUT2D eigenvalue weighted by Crippen LogP contribution is -2.41. The Morgan fingerprint density at radius 1 is 0.909 bits per heavy atom. The van der Waals surface area contributed by atoms with Crippen LogP contribution in [0.2, 0.25) is 0 Å². The van der Waals surface area contributed by atoms with Gasteiger partial charge in [0.05, 0.1) is 18.6 Å². The molecule has 0 bridgehead atoms. The van der Waals surface area contributed by atoms with Crippen LogP contribution in [0.1, 0.15) is 37.1 Å². The molecule has 0 spiro atoms. The predicted molar refractivity (Wildman–Crippen MR) is 91.9 cm³/mol. The maximum atomic E-state index is 4.66. The standard InChI is InChI=1S/C19H23N3/c1-15(17-9-5-3-6-10-17)21-19-20-13-14-22(19)16(2)18-11-7-4-8-12-18/h3-12,15-16H,13-14H2,1-2H3,(H,20,21). The van der Waals surface area contributed by atoms with Crippen molar-refractivity contribution in [2.45, 2.75) is 25.9 Å². The third-order valence-corrected chi connectivity index (χ3v) is 4.27. The van der Waals surface area contributed by atoms with Gasteiger partial charge in [0.2, 0.25) is 0 Å². The second-order valence-corrected chi connectivity index (χ2v) is 5.76. The Morgan fingerprint density at radius 2 is 1.50 bits per heavy atom. The average Bonchev–Trinajstić information content (AvgIpc) is 3.04. The summed E-state index contributed by atoms with van der Waals surface area (Å²) >= 11 is 0. The van der Waals surface area contributed by atoms with Crippen LogP contribution in [0.3, 0.4) is 0 Å². The van der Waals surface area contributed by atoms with Crippen molar-refractivity contribution < 1.29 is 0 Å². The van der Waals surface area contributed by atoms with Gasteiger partial charge < -0.3 is 10.2 Å². The first-order chi connectivity index (χ1) is 10.8. The molecule has 3 nitrogen and oxygen atoms in total. The Labute approximate surface area is 132 Å². The summed E-state index contributed by atoms with van der Waals surface area (Å²) in [7, 11) is 0. The molecule has 1 heterocycles. The molecule has 2 aromatic rings. The number of nitrogens with zero attached hydrogens (tertiary/aromatic N) is 2. The van der Waals surface area contributed by atoms with Crippen molar-refractivity contribution in [3.63, 3.8) is 0 Å². The number of benzene rings is 2. The predicted octanol–water partition coefficient (Wildman–Crippen LogP) is 3.77. The van der Waals surface area contributed by atoms with Gasteiger partial charge in [0.1, 0.15) is 0 Å². The van der Waals surface area contributed by atoms with Crippen LogP contribution < -0.4 is 5.32 Å². The van der Waals surface area contributed by atoms with E-state index >= 15 is 0 Å². The highest BCUT2D eigenvalue weighted by molar-refractivity contribution is 5.82. The summed E-state index contributed by atoms with van der Waals surface area (Å²) < 4.78 is 0. The number of nitrogens with one attached hydrogen (secondary N) is 1. The van der Waals surface area contributed by atoms with Crippen LogP contribution in [0.4, 0.5) is 0 Å². The van der Waals surface area contributed by atoms with Gasteiger partial charge in [-0.15, -0.1) is 0 Å². The van der Waals surface area contributed by atoms with Crippen molar-refractivity contribution in [2.75, 3.05) is 13.1 Å². The van der Waals surface area contributed by atoms with Crippen molar-refractivity contribution in [1.29, 1.82) is 0 Å². The fourth-order valence-corrected chi connectivity index (χ4v) is 2.90. The Hall–Kier alpha value is -2.29. The number of rotatable bonds is 4. The molecule has 1 aliphatic heterocycles. The van der Waals surface area contributed by atoms with Crippen LogP contribution in [0.25, 0.3) is 0 Å². The molecule has 0 amide bonds. The van der Waals surface area contributed by atoms with Gasteiger partial charge in [-0.25, -0.2) is 0 Å². The number of aliphatic imine (C=N–C) groups is 1. The molecule has 0 saturated heterocycles. The third-order valence-electron chi connectivity index (χ3n) is 4.27. The molecule has 0 radical (unpaired) electrons. The Balaban J connectivity index is 1.71. The smallest absolute Gasteiger partial charge is 0.195 e. The molecular formula is C19H23N3. The van der Waals surface area contributed by atoms with E-state index in [0.29, 0.717) is 6.04 Å². The SMILES string of the molecule is CC(NC1=NCCN1C(C)c1ccccc1)c1ccccc1. The second-order valence-electron chi connectivity index (χ2n) is 5.76. The van der Waals surface area contributed by atoms with E-state index < -0.39 is 0 Å². The van der Waals surface area contributed by atoms with E-state index in [4.69, 9.17) is 0 Å². The summed E-state index contributed by atoms with van der Waals surface area (Å²) in [4.78, 5) is 7.02. The fraction of sp³-hybridized carbons (Fsp3) is 0.316. The van der Waals surface area contributed by atoms with Gasteiger partial charge in [-0.1, -0.05) is 60.7 Å². The van der Waals surface area contributed by atoms with Gasteiger partial charge in [0.25, 0.3) is 0 Å². The Morgan fingerprint density at radius 3 is 2.14 bits per heavy atom. The molecule has 0 aromatic heterocycles. The van der Waals surface area contributed by atoms with E-state index in [1.165, 1.54) is 11.1 Å². The minimum atomic E-state index is 0.253. The average molecular weight is 293 g/mol. The Bertz CT molecular complexity index is 622. The monoisotopic (exact) mass is 293 g/mol. The first-order valence-corrected chi connectivity index (χ1v) is 7.93. The van der Waals surface area contributed by atoms with Crippen LogP contribution in [0, 0.1) is 0 Å². The number of guanidine groups is 1. The van der Waals surface area contributed by atoms with Crippen LogP contribution in [-0.2, 0) is 0 Å². The topological polar surface area (TPSA) is 27.6 Å². The van der Waals surface area contributed by atoms with Crippen molar-refractivity contribution in [1.82, 2.24) is 10.2 Å². The van der Waals surface area contributed by atoms with E-state index in [1.54, 1.807) is 0 Å². The van der Waals surface area contributed by atoms with Crippen molar-refractivity contribution >= 4 is 5.96 Å². The molecule has 2 aromatic carbocycles. The largest absolute Gasteiger partial charge is 0.350 e. The van der Waals surface area contributed by atoms with E-state index in [1.807, 2.05) is 6.07 Å². The minimum Gasteiger partial charge on any atom is -0.350 e. The molecule has 3 heteroatoms. The van der Waals surface area contributed by atoms with Crippen LogP contribution >= 0.6 is 0 Å². The highest BCUT2D eigenvalue weighted by Gasteiger charge is 2.24. The molecule has 2 unspecified atom stereocenters. The van der Waals surface area contributed by atoms with Crippen LogP contribution in [0.5, 0.6) is 0 Å². The molecule has 2 atom stereocenters. The number of hydrogen-bond acceptors (Lipinski definition) is 3. The fourth-order valence-electron chi connectivity index (χ4n) is 2.90. The zero-order valence-corrected chi connectivity index (χ0v) is 13.2. The molecular weight excluding hydrogens is 270 g/mol. The Kier molecular flexibility index (Phi) is 4.42. The molecule has 1 N–H and O–H groups in total. The van der Waals surface area contributed by atoms with Crippen LogP contribution in [-0.4, -0.2) is 23.9 Å². The normalized spacial score (nSPS) is 17.0. The van der Waals surface area contributed by atoms with E-state index in [9.17, 15) is 0 Å². The van der Waals surface area contributed by atoms with Gasteiger partial charge in [-0.3, -0.25) is 4.99 Å². The first-order valence-electron chi connectivity index (χ1n) is 7.93. The van der Waals surface area contributed by atoms with E-state index in [2.05, 4.69) is 83.7 Å². The first kappa shape index (κ1) is 14.6. The lowest BCUT2D eigenvalue weighted by atomic mass is 10.1. The molecule has 3 rings (SSSR count). The molecule has 22 heavy (non-hydrogen) atoms. The van der Waals surface area contributed by atoms with Gasteiger partial charge in [-0.2, -0.15) is 0 Å². The maximum absolute atomic E-state index is 4.66. The van der Waals surface area contributed by atoms with E-state index in [0.717, 1.165) is 19.0 Å². The molecule has 0 fully saturated rings. The lowest BCUT2D eigenvalue weighted by Gasteiger charge is -2.30. The van der Waals surface area contributed by atoms with Gasteiger partial charge in [-0.05, 0) is 25.0 Å². The minimum absolute atomic E-state index is 0.253.